The van der Waals surface area contributed by atoms with Crippen LogP contribution in [-0.2, 0) is 19.4 Å². The van der Waals surface area contributed by atoms with Crippen LogP contribution < -0.4 is 0 Å². The monoisotopic (exact) mass is 424 g/mol. The summed E-state index contributed by atoms with van der Waals surface area (Å²) < 4.78 is 38.7. The molecule has 1 aliphatic heterocycles. The lowest BCUT2D eigenvalue weighted by Crippen LogP contribution is -2.41. The predicted octanol–water partition coefficient (Wildman–Crippen LogP) is 5.04. The van der Waals surface area contributed by atoms with Crippen LogP contribution in [0.1, 0.15) is 30.6 Å². The molecule has 0 bridgehead atoms. The van der Waals surface area contributed by atoms with Gasteiger partial charge in [-0.3, -0.25) is 4.79 Å². The maximum atomic E-state index is 13.4. The van der Waals surface area contributed by atoms with Gasteiger partial charge in [0.2, 0.25) is 0 Å². The number of carboxylic acid groups (broad SMARTS) is 1. The summed E-state index contributed by atoms with van der Waals surface area (Å²) in [5.41, 5.74) is 0. The van der Waals surface area contributed by atoms with E-state index in [4.69, 9.17) is 0 Å². The van der Waals surface area contributed by atoms with Crippen molar-refractivity contribution in [3.05, 3.63) is 47.1 Å². The maximum Gasteiger partial charge on any atom is 0.305 e. The van der Waals surface area contributed by atoms with Gasteiger partial charge in [-0.25, -0.2) is 12.8 Å². The summed E-state index contributed by atoms with van der Waals surface area (Å²) in [7, 11) is -3.55. The molecule has 2 aromatic heterocycles. The van der Waals surface area contributed by atoms with Crippen molar-refractivity contribution >= 4 is 48.6 Å². The number of halogens is 1. The number of carbonyl (C=O) groups is 1. The molecule has 1 fully saturated rings. The number of carboxylic acids is 1. The zero-order chi connectivity index (χ0) is 19.2. The molecule has 3 aromatic rings. The first kappa shape index (κ1) is 18.6. The second-order valence-electron chi connectivity index (χ2n) is 6.80. The highest BCUT2D eigenvalue weighted by Gasteiger charge is 2.49. The first-order valence-corrected chi connectivity index (χ1v) is 11.8. The van der Waals surface area contributed by atoms with Gasteiger partial charge in [0.1, 0.15) is 10.6 Å². The zero-order valence-corrected chi connectivity index (χ0v) is 16.7. The Morgan fingerprint density at radius 3 is 2.67 bits per heavy atom. The molecule has 1 N–H and O–H groups in total. The number of rotatable bonds is 4. The lowest BCUT2D eigenvalue weighted by molar-refractivity contribution is -0.137. The molecule has 3 heterocycles. The number of hydrogen-bond donors (Lipinski definition) is 1. The first-order chi connectivity index (χ1) is 12.8. The van der Waals surface area contributed by atoms with Crippen LogP contribution in [0.15, 0.2) is 36.4 Å². The van der Waals surface area contributed by atoms with E-state index in [1.54, 1.807) is 12.1 Å². The molecule has 0 unspecified atom stereocenters. The third kappa shape index (κ3) is 3.19. The third-order valence-electron chi connectivity index (χ3n) is 5.06. The van der Waals surface area contributed by atoms with Crippen molar-refractivity contribution in [2.75, 3.05) is 5.75 Å². The van der Waals surface area contributed by atoms with Crippen LogP contribution in [0.2, 0.25) is 0 Å². The molecule has 0 amide bonds. The predicted molar refractivity (Wildman–Crippen MR) is 107 cm³/mol. The highest BCUT2D eigenvalue weighted by molar-refractivity contribution is 7.92. The SMILES string of the molecule is O=C(O)C[C@]1(c2ccc(-c3cc4ccc(F)cc4s3)s2)CCCCS1(=O)=O. The van der Waals surface area contributed by atoms with Crippen molar-refractivity contribution in [1.82, 2.24) is 0 Å². The van der Waals surface area contributed by atoms with Crippen molar-refractivity contribution in [3.63, 3.8) is 0 Å². The Morgan fingerprint density at radius 2 is 1.93 bits per heavy atom. The van der Waals surface area contributed by atoms with E-state index < -0.39 is 27.0 Å². The molecule has 1 aromatic carbocycles. The molecule has 0 aliphatic carbocycles. The molecule has 142 valence electrons. The lowest BCUT2D eigenvalue weighted by Gasteiger charge is -2.34. The van der Waals surface area contributed by atoms with Crippen molar-refractivity contribution in [2.45, 2.75) is 30.4 Å². The van der Waals surface area contributed by atoms with Gasteiger partial charge in [0.05, 0.1) is 12.2 Å². The summed E-state index contributed by atoms with van der Waals surface area (Å²) in [5.74, 6) is -1.38. The Hall–Kier alpha value is -1.77. The van der Waals surface area contributed by atoms with Crippen LogP contribution >= 0.6 is 22.7 Å². The third-order valence-corrected chi connectivity index (χ3v) is 10.4. The van der Waals surface area contributed by atoms with Gasteiger partial charge >= 0.3 is 5.97 Å². The van der Waals surface area contributed by atoms with Gasteiger partial charge in [0.15, 0.2) is 9.84 Å². The quantitative estimate of drug-likeness (QED) is 0.637. The minimum absolute atomic E-state index is 0.0235. The van der Waals surface area contributed by atoms with Gasteiger partial charge in [-0.2, -0.15) is 0 Å². The maximum absolute atomic E-state index is 13.4. The number of thiophene rings is 2. The van der Waals surface area contributed by atoms with Gasteiger partial charge in [0, 0.05) is 19.3 Å². The Labute approximate surface area is 164 Å². The van der Waals surface area contributed by atoms with Gasteiger partial charge in [-0.05, 0) is 48.6 Å². The molecule has 4 rings (SSSR count). The van der Waals surface area contributed by atoms with E-state index in [1.165, 1.54) is 34.8 Å². The molecule has 1 aliphatic rings. The second kappa shape index (κ2) is 6.68. The Balaban J connectivity index is 1.79. The fraction of sp³-hybridized carbons (Fsp3) is 0.316. The molecular formula is C19H17FO4S3. The van der Waals surface area contributed by atoms with Gasteiger partial charge in [0.25, 0.3) is 0 Å². The van der Waals surface area contributed by atoms with E-state index in [0.717, 1.165) is 19.8 Å². The molecule has 1 saturated heterocycles. The van der Waals surface area contributed by atoms with E-state index in [2.05, 4.69) is 0 Å². The minimum atomic E-state index is -3.55. The Morgan fingerprint density at radius 1 is 1.11 bits per heavy atom. The van der Waals surface area contributed by atoms with Crippen molar-refractivity contribution in [3.8, 4) is 9.75 Å². The summed E-state index contributed by atoms with van der Waals surface area (Å²) in [6.07, 6.45) is 1.19. The first-order valence-electron chi connectivity index (χ1n) is 8.55. The van der Waals surface area contributed by atoms with Crippen LogP contribution in [0.3, 0.4) is 0 Å². The summed E-state index contributed by atoms with van der Waals surface area (Å²) in [6, 6.07) is 10.2. The standard InChI is InChI=1S/C19H17FO4S3/c20-13-4-3-12-9-16(25-15(12)10-13)14-5-6-17(26-14)19(11-18(21)22)7-1-2-8-27(19,23)24/h3-6,9-10H,1-2,7-8,11H2,(H,21,22)/t19-/m0/s1. The molecule has 4 nitrogen and oxygen atoms in total. The normalized spacial score (nSPS) is 22.1. The van der Waals surface area contributed by atoms with E-state index in [1.807, 2.05) is 12.1 Å². The zero-order valence-electron chi connectivity index (χ0n) is 14.3. The number of sulfone groups is 1. The van der Waals surface area contributed by atoms with Gasteiger partial charge < -0.3 is 5.11 Å². The van der Waals surface area contributed by atoms with E-state index in [9.17, 15) is 22.7 Å². The minimum Gasteiger partial charge on any atom is -0.481 e. The number of aliphatic carboxylic acids is 1. The second-order valence-corrected chi connectivity index (χ2v) is 11.4. The van der Waals surface area contributed by atoms with E-state index in [-0.39, 0.29) is 11.6 Å². The molecule has 8 heteroatoms. The smallest absolute Gasteiger partial charge is 0.305 e. The van der Waals surface area contributed by atoms with Crippen LogP contribution in [0.4, 0.5) is 4.39 Å². The summed E-state index contributed by atoms with van der Waals surface area (Å²) in [5, 5.41) is 10.3. The largest absolute Gasteiger partial charge is 0.481 e. The molecule has 1 atom stereocenters. The van der Waals surface area contributed by atoms with Gasteiger partial charge in [-0.15, -0.1) is 22.7 Å². The van der Waals surface area contributed by atoms with Gasteiger partial charge in [-0.1, -0.05) is 12.5 Å². The Kier molecular flexibility index (Phi) is 4.60. The van der Waals surface area contributed by atoms with Crippen molar-refractivity contribution < 1.29 is 22.7 Å². The average Bonchev–Trinajstić information content (AvgIpc) is 3.22. The Bertz CT molecular complexity index is 1130. The van der Waals surface area contributed by atoms with Crippen LogP contribution in [0, 0.1) is 5.82 Å². The molecule has 0 saturated carbocycles. The number of hydrogen-bond acceptors (Lipinski definition) is 5. The van der Waals surface area contributed by atoms with E-state index in [0.29, 0.717) is 24.1 Å². The summed E-state index contributed by atoms with van der Waals surface area (Å²) in [4.78, 5) is 13.8. The summed E-state index contributed by atoms with van der Waals surface area (Å²) in [6.45, 7) is 0. The lowest BCUT2D eigenvalue weighted by atomic mass is 9.95. The highest BCUT2D eigenvalue weighted by atomic mass is 32.2. The van der Waals surface area contributed by atoms with Crippen LogP contribution in [-0.4, -0.2) is 25.2 Å². The number of benzene rings is 1. The van der Waals surface area contributed by atoms with Crippen LogP contribution in [0.5, 0.6) is 0 Å². The topological polar surface area (TPSA) is 71.4 Å². The fourth-order valence-corrected chi connectivity index (χ4v) is 8.64. The highest BCUT2D eigenvalue weighted by Crippen LogP contribution is 2.48. The number of fused-ring (bicyclic) bond motifs is 1. The van der Waals surface area contributed by atoms with Crippen molar-refractivity contribution in [2.24, 2.45) is 0 Å². The van der Waals surface area contributed by atoms with Crippen LogP contribution in [0.25, 0.3) is 19.8 Å². The van der Waals surface area contributed by atoms with Crippen molar-refractivity contribution in [1.29, 1.82) is 0 Å². The summed E-state index contributed by atoms with van der Waals surface area (Å²) >= 11 is 2.77. The molecular weight excluding hydrogens is 407 g/mol. The van der Waals surface area contributed by atoms with E-state index >= 15 is 0 Å². The molecule has 0 radical (unpaired) electrons. The molecule has 27 heavy (non-hydrogen) atoms. The average molecular weight is 425 g/mol. The fourth-order valence-electron chi connectivity index (χ4n) is 3.70. The molecule has 0 spiro atoms.